The summed E-state index contributed by atoms with van der Waals surface area (Å²) in [4.78, 5) is 13.5. The molecule has 1 heterocycles. The highest BCUT2D eigenvalue weighted by atomic mass is 19.4. The summed E-state index contributed by atoms with van der Waals surface area (Å²) in [5.41, 5.74) is 1.05. The number of alkyl halides is 3. The standard InChI is InChI=1S/C15H15F3N2O2/c1-22-14(21)12-3-2-10(9-19)8-13(12)20-6-4-11(5-7-20)15(16,17)18/h2-3,8,11H,4-7H2,1H3. The average molecular weight is 312 g/mol. The van der Waals surface area contributed by atoms with Crippen LogP contribution in [-0.2, 0) is 4.74 Å². The largest absolute Gasteiger partial charge is 0.465 e. The van der Waals surface area contributed by atoms with Gasteiger partial charge in [0, 0.05) is 13.1 Å². The Bertz CT molecular complexity index is 600. The predicted molar refractivity (Wildman–Crippen MR) is 73.5 cm³/mol. The highest BCUT2D eigenvalue weighted by Crippen LogP contribution is 2.36. The SMILES string of the molecule is COC(=O)c1ccc(C#N)cc1N1CCC(C(F)(F)F)CC1. The number of halogens is 3. The van der Waals surface area contributed by atoms with Gasteiger partial charge < -0.3 is 9.64 Å². The van der Waals surface area contributed by atoms with Crippen molar-refractivity contribution in [3.63, 3.8) is 0 Å². The smallest absolute Gasteiger partial charge is 0.391 e. The van der Waals surface area contributed by atoms with Gasteiger partial charge in [0.15, 0.2) is 0 Å². The van der Waals surface area contributed by atoms with Gasteiger partial charge in [-0.2, -0.15) is 18.4 Å². The van der Waals surface area contributed by atoms with Crippen molar-refractivity contribution in [1.82, 2.24) is 0 Å². The van der Waals surface area contributed by atoms with Crippen molar-refractivity contribution >= 4 is 11.7 Å². The summed E-state index contributed by atoms with van der Waals surface area (Å²) in [5.74, 6) is -1.89. The molecule has 118 valence electrons. The Morgan fingerprint density at radius 2 is 2.00 bits per heavy atom. The van der Waals surface area contributed by atoms with Crippen molar-refractivity contribution < 1.29 is 22.7 Å². The van der Waals surface area contributed by atoms with Crippen molar-refractivity contribution in [2.75, 3.05) is 25.1 Å². The van der Waals surface area contributed by atoms with E-state index in [4.69, 9.17) is 5.26 Å². The van der Waals surface area contributed by atoms with Crippen LogP contribution in [0.15, 0.2) is 18.2 Å². The Hall–Kier alpha value is -2.23. The van der Waals surface area contributed by atoms with E-state index in [2.05, 4.69) is 4.74 Å². The number of anilines is 1. The lowest BCUT2D eigenvalue weighted by atomic mass is 9.95. The lowest BCUT2D eigenvalue weighted by Crippen LogP contribution is -2.39. The summed E-state index contributed by atoms with van der Waals surface area (Å²) in [5, 5.41) is 8.96. The number of methoxy groups -OCH3 is 1. The summed E-state index contributed by atoms with van der Waals surface area (Å²) in [6, 6.07) is 6.43. The van der Waals surface area contributed by atoms with Gasteiger partial charge in [-0.1, -0.05) is 0 Å². The highest BCUT2D eigenvalue weighted by Gasteiger charge is 2.41. The molecule has 1 fully saturated rings. The number of carbonyl (C=O) groups excluding carboxylic acids is 1. The molecule has 22 heavy (non-hydrogen) atoms. The molecule has 1 aromatic rings. The number of piperidine rings is 1. The molecule has 1 aliphatic heterocycles. The number of hydrogen-bond donors (Lipinski definition) is 0. The Morgan fingerprint density at radius 3 is 2.50 bits per heavy atom. The number of esters is 1. The Morgan fingerprint density at radius 1 is 1.36 bits per heavy atom. The van der Waals surface area contributed by atoms with Crippen LogP contribution in [0.5, 0.6) is 0 Å². The van der Waals surface area contributed by atoms with E-state index < -0.39 is 18.1 Å². The van der Waals surface area contributed by atoms with Crippen LogP contribution in [0.3, 0.4) is 0 Å². The fourth-order valence-electron chi connectivity index (χ4n) is 2.59. The van der Waals surface area contributed by atoms with Crippen LogP contribution in [0.1, 0.15) is 28.8 Å². The topological polar surface area (TPSA) is 53.3 Å². The van der Waals surface area contributed by atoms with Gasteiger partial charge in [0.1, 0.15) is 0 Å². The molecule has 0 N–H and O–H groups in total. The molecule has 4 nitrogen and oxygen atoms in total. The molecule has 0 atom stereocenters. The number of benzene rings is 1. The first kappa shape index (κ1) is 16.1. The van der Waals surface area contributed by atoms with Gasteiger partial charge in [-0.3, -0.25) is 0 Å². The predicted octanol–water partition coefficient (Wildman–Crippen LogP) is 3.12. The van der Waals surface area contributed by atoms with Crippen molar-refractivity contribution in [3.8, 4) is 6.07 Å². The summed E-state index contributed by atoms with van der Waals surface area (Å²) in [6.45, 7) is 0.367. The number of carbonyl (C=O) groups is 1. The van der Waals surface area contributed by atoms with Crippen molar-refractivity contribution in [1.29, 1.82) is 5.26 Å². The second-order valence-corrected chi connectivity index (χ2v) is 5.14. The number of nitriles is 1. The molecular weight excluding hydrogens is 297 g/mol. The van der Waals surface area contributed by atoms with Gasteiger partial charge in [0.05, 0.1) is 35.9 Å². The highest BCUT2D eigenvalue weighted by molar-refractivity contribution is 5.96. The van der Waals surface area contributed by atoms with Gasteiger partial charge >= 0.3 is 12.1 Å². The van der Waals surface area contributed by atoms with Gasteiger partial charge in [0.25, 0.3) is 0 Å². The third-order valence-electron chi connectivity index (χ3n) is 3.83. The number of nitrogens with zero attached hydrogens (tertiary/aromatic N) is 2. The van der Waals surface area contributed by atoms with Crippen LogP contribution >= 0.6 is 0 Å². The van der Waals surface area contributed by atoms with Crippen LogP contribution < -0.4 is 4.90 Å². The normalized spacial score (nSPS) is 16.2. The van der Waals surface area contributed by atoms with Crippen LogP contribution in [0, 0.1) is 17.2 Å². The van der Waals surface area contributed by atoms with Crippen LogP contribution in [-0.4, -0.2) is 32.3 Å². The first-order chi connectivity index (χ1) is 10.4. The van der Waals surface area contributed by atoms with E-state index in [0.717, 1.165) is 0 Å². The lowest BCUT2D eigenvalue weighted by Gasteiger charge is -2.35. The summed E-state index contributed by atoms with van der Waals surface area (Å²) in [7, 11) is 1.24. The van der Waals surface area contributed by atoms with Gasteiger partial charge in [-0.25, -0.2) is 4.79 Å². The molecule has 0 unspecified atom stereocenters. The molecular formula is C15H15F3N2O2. The molecule has 7 heteroatoms. The first-order valence-electron chi connectivity index (χ1n) is 6.81. The molecule has 0 aromatic heterocycles. The third-order valence-corrected chi connectivity index (χ3v) is 3.83. The average Bonchev–Trinajstić information content (AvgIpc) is 2.52. The molecule has 2 rings (SSSR count). The van der Waals surface area contributed by atoms with E-state index in [1.54, 1.807) is 4.90 Å². The maximum atomic E-state index is 12.7. The zero-order valence-electron chi connectivity index (χ0n) is 12.0. The van der Waals surface area contributed by atoms with Crippen molar-refractivity contribution in [2.24, 2.45) is 5.92 Å². The molecule has 0 saturated carbocycles. The number of hydrogen-bond acceptors (Lipinski definition) is 4. The quantitative estimate of drug-likeness (QED) is 0.787. The summed E-state index contributed by atoms with van der Waals surface area (Å²) < 4.78 is 42.8. The van der Waals surface area contributed by atoms with E-state index >= 15 is 0 Å². The third kappa shape index (κ3) is 3.32. The second-order valence-electron chi connectivity index (χ2n) is 5.14. The molecule has 1 aromatic carbocycles. The minimum absolute atomic E-state index is 0.0269. The maximum absolute atomic E-state index is 12.7. The molecule has 0 radical (unpaired) electrons. The van der Waals surface area contributed by atoms with Crippen molar-refractivity contribution in [3.05, 3.63) is 29.3 Å². The second kappa shape index (κ2) is 6.26. The zero-order chi connectivity index (χ0) is 16.3. The van der Waals surface area contributed by atoms with Gasteiger partial charge in [-0.15, -0.1) is 0 Å². The molecule has 1 saturated heterocycles. The fraction of sp³-hybridized carbons (Fsp3) is 0.467. The Kier molecular flexibility index (Phi) is 4.59. The van der Waals surface area contributed by atoms with Gasteiger partial charge in [0.2, 0.25) is 0 Å². The Labute approximate surface area is 126 Å². The monoisotopic (exact) mass is 312 g/mol. The van der Waals surface area contributed by atoms with Crippen molar-refractivity contribution in [2.45, 2.75) is 19.0 Å². The Balaban J connectivity index is 2.25. The van der Waals surface area contributed by atoms with E-state index in [0.29, 0.717) is 11.3 Å². The molecule has 0 bridgehead atoms. The number of rotatable bonds is 2. The summed E-state index contributed by atoms with van der Waals surface area (Å²) in [6.07, 6.45) is -4.24. The molecule has 0 amide bonds. The zero-order valence-corrected chi connectivity index (χ0v) is 12.0. The van der Waals surface area contributed by atoms with E-state index in [1.165, 1.54) is 25.3 Å². The fourth-order valence-corrected chi connectivity index (χ4v) is 2.59. The minimum atomic E-state index is -4.19. The lowest BCUT2D eigenvalue weighted by molar-refractivity contribution is -0.179. The minimum Gasteiger partial charge on any atom is -0.465 e. The van der Waals surface area contributed by atoms with Crippen LogP contribution in [0.25, 0.3) is 0 Å². The summed E-state index contributed by atoms with van der Waals surface area (Å²) >= 11 is 0. The van der Waals surface area contributed by atoms with E-state index in [1.807, 2.05) is 6.07 Å². The molecule has 1 aliphatic rings. The molecule has 0 spiro atoms. The molecule has 0 aliphatic carbocycles. The first-order valence-corrected chi connectivity index (χ1v) is 6.81. The van der Waals surface area contributed by atoms with Crippen LogP contribution in [0.4, 0.5) is 18.9 Å². The number of ether oxygens (including phenoxy) is 1. The van der Waals surface area contributed by atoms with Crippen LogP contribution in [0.2, 0.25) is 0 Å². The van der Waals surface area contributed by atoms with E-state index in [9.17, 15) is 18.0 Å². The van der Waals surface area contributed by atoms with E-state index in [-0.39, 0.29) is 31.5 Å². The maximum Gasteiger partial charge on any atom is 0.391 e. The van der Waals surface area contributed by atoms with Gasteiger partial charge in [-0.05, 0) is 31.0 Å².